The molecule has 4 heteroatoms. The zero-order valence-electron chi connectivity index (χ0n) is 12.2. The van der Waals surface area contributed by atoms with Crippen molar-refractivity contribution in [2.45, 2.75) is 32.4 Å². The Bertz CT molecular complexity index is 461. The number of nitrogens with zero attached hydrogens (tertiary/aromatic N) is 2. The molecule has 0 bridgehead atoms. The molecule has 1 saturated heterocycles. The van der Waals surface area contributed by atoms with Crippen LogP contribution in [0.5, 0.6) is 0 Å². The van der Waals surface area contributed by atoms with E-state index in [1.807, 2.05) is 0 Å². The number of aliphatic hydroxyl groups excluding tert-OH is 1. The van der Waals surface area contributed by atoms with Crippen LogP contribution in [0.2, 0.25) is 0 Å². The van der Waals surface area contributed by atoms with E-state index in [0.717, 1.165) is 17.6 Å². The van der Waals surface area contributed by atoms with Crippen LogP contribution in [0.15, 0.2) is 22.7 Å². The molecule has 106 valence electrons. The molecule has 0 amide bonds. The summed E-state index contributed by atoms with van der Waals surface area (Å²) in [5.41, 5.74) is 2.54. The smallest absolute Gasteiger partial charge is 0.0604 e. The normalized spacial score (nSPS) is 23.7. The number of anilines is 1. The molecule has 1 aliphatic heterocycles. The number of benzene rings is 1. The fourth-order valence-electron chi connectivity index (χ4n) is 2.72. The second-order valence-electron chi connectivity index (χ2n) is 6.07. The largest absolute Gasteiger partial charge is 0.395 e. The van der Waals surface area contributed by atoms with Crippen LogP contribution < -0.4 is 4.90 Å². The van der Waals surface area contributed by atoms with E-state index in [2.05, 4.69) is 71.7 Å². The molecule has 1 heterocycles. The standard InChI is InChI=1S/C15H23BrN2O/c1-11-7-12(5-6-14(11)16)18-8-13(9-19)17(4)15(2,3)10-18/h5-7,13,19H,8-10H2,1-4H3. The number of aryl methyl sites for hydroxylation is 1. The van der Waals surface area contributed by atoms with Crippen molar-refractivity contribution in [3.8, 4) is 0 Å². The summed E-state index contributed by atoms with van der Waals surface area (Å²) in [5, 5.41) is 9.58. The van der Waals surface area contributed by atoms with Crippen molar-refractivity contribution < 1.29 is 5.11 Å². The topological polar surface area (TPSA) is 26.7 Å². The SMILES string of the molecule is Cc1cc(N2CC(CO)N(C)C(C)(C)C2)ccc1Br. The third kappa shape index (κ3) is 2.96. The van der Waals surface area contributed by atoms with E-state index in [9.17, 15) is 5.11 Å². The number of rotatable bonds is 2. The third-order valence-corrected chi connectivity index (χ3v) is 5.12. The van der Waals surface area contributed by atoms with Gasteiger partial charge in [-0.1, -0.05) is 15.9 Å². The monoisotopic (exact) mass is 326 g/mol. The Kier molecular flexibility index (Phi) is 4.23. The van der Waals surface area contributed by atoms with Crippen molar-refractivity contribution in [2.75, 3.05) is 31.6 Å². The lowest BCUT2D eigenvalue weighted by atomic mass is 9.95. The zero-order valence-corrected chi connectivity index (χ0v) is 13.7. The molecule has 1 N–H and O–H groups in total. The molecule has 1 aromatic carbocycles. The Morgan fingerprint density at radius 1 is 1.42 bits per heavy atom. The fraction of sp³-hybridized carbons (Fsp3) is 0.600. The van der Waals surface area contributed by atoms with Crippen molar-refractivity contribution in [3.63, 3.8) is 0 Å². The average molecular weight is 327 g/mol. The summed E-state index contributed by atoms with van der Waals surface area (Å²) >= 11 is 3.54. The van der Waals surface area contributed by atoms with Gasteiger partial charge < -0.3 is 10.0 Å². The van der Waals surface area contributed by atoms with E-state index < -0.39 is 0 Å². The number of likely N-dealkylation sites (N-methyl/N-ethyl adjacent to an activating group) is 1. The quantitative estimate of drug-likeness (QED) is 0.905. The molecule has 1 unspecified atom stereocenters. The minimum Gasteiger partial charge on any atom is -0.395 e. The number of piperazine rings is 1. The van der Waals surface area contributed by atoms with Gasteiger partial charge in [-0.2, -0.15) is 0 Å². The Hall–Kier alpha value is -0.580. The van der Waals surface area contributed by atoms with Gasteiger partial charge in [0.25, 0.3) is 0 Å². The summed E-state index contributed by atoms with van der Waals surface area (Å²) in [6.07, 6.45) is 0. The molecule has 2 rings (SSSR count). The van der Waals surface area contributed by atoms with E-state index in [4.69, 9.17) is 0 Å². The molecule has 1 aliphatic rings. The fourth-order valence-corrected chi connectivity index (χ4v) is 2.96. The molecule has 19 heavy (non-hydrogen) atoms. The lowest BCUT2D eigenvalue weighted by Crippen LogP contribution is -2.63. The van der Waals surface area contributed by atoms with Gasteiger partial charge in [0.15, 0.2) is 0 Å². The minimum atomic E-state index is 0.0621. The first-order valence-electron chi connectivity index (χ1n) is 6.70. The predicted octanol–water partition coefficient (Wildman–Crippen LogP) is 2.65. The van der Waals surface area contributed by atoms with Crippen LogP contribution in [0.3, 0.4) is 0 Å². The Balaban J connectivity index is 2.27. The van der Waals surface area contributed by atoms with E-state index in [-0.39, 0.29) is 18.2 Å². The maximum atomic E-state index is 9.58. The molecule has 0 spiro atoms. The van der Waals surface area contributed by atoms with Gasteiger partial charge in [0.1, 0.15) is 0 Å². The predicted molar refractivity (Wildman–Crippen MR) is 83.8 cm³/mol. The third-order valence-electron chi connectivity index (χ3n) is 4.23. The Morgan fingerprint density at radius 3 is 2.68 bits per heavy atom. The van der Waals surface area contributed by atoms with Gasteiger partial charge in [0, 0.05) is 28.8 Å². The lowest BCUT2D eigenvalue weighted by Gasteiger charge is -2.50. The molecule has 1 fully saturated rings. The number of hydrogen-bond acceptors (Lipinski definition) is 3. The van der Waals surface area contributed by atoms with Gasteiger partial charge in [-0.05, 0) is 51.6 Å². The maximum absolute atomic E-state index is 9.58. The van der Waals surface area contributed by atoms with E-state index in [0.29, 0.717) is 0 Å². The van der Waals surface area contributed by atoms with Crippen LogP contribution in [0.1, 0.15) is 19.4 Å². The van der Waals surface area contributed by atoms with Crippen molar-refractivity contribution in [2.24, 2.45) is 0 Å². The number of aliphatic hydroxyl groups is 1. The molecule has 0 saturated carbocycles. The number of halogens is 1. The minimum absolute atomic E-state index is 0.0621. The van der Waals surface area contributed by atoms with E-state index in [1.165, 1.54) is 11.3 Å². The summed E-state index contributed by atoms with van der Waals surface area (Å²) in [4.78, 5) is 4.66. The Labute approximate surface area is 124 Å². The first-order chi connectivity index (χ1) is 8.85. The van der Waals surface area contributed by atoms with E-state index in [1.54, 1.807) is 0 Å². The summed E-state index contributed by atoms with van der Waals surface area (Å²) < 4.78 is 1.14. The van der Waals surface area contributed by atoms with Gasteiger partial charge in [-0.15, -0.1) is 0 Å². The molecule has 0 aliphatic carbocycles. The Morgan fingerprint density at radius 2 is 2.11 bits per heavy atom. The van der Waals surface area contributed by atoms with Crippen LogP contribution in [-0.4, -0.2) is 48.3 Å². The highest BCUT2D eigenvalue weighted by atomic mass is 79.9. The highest BCUT2D eigenvalue weighted by Crippen LogP contribution is 2.29. The summed E-state index contributed by atoms with van der Waals surface area (Å²) in [5.74, 6) is 0. The van der Waals surface area contributed by atoms with Gasteiger partial charge >= 0.3 is 0 Å². The van der Waals surface area contributed by atoms with Crippen LogP contribution in [0.25, 0.3) is 0 Å². The molecule has 1 aromatic rings. The molecular formula is C15H23BrN2O. The van der Waals surface area contributed by atoms with Gasteiger partial charge in [0.05, 0.1) is 12.6 Å². The van der Waals surface area contributed by atoms with Gasteiger partial charge in [-0.25, -0.2) is 0 Å². The van der Waals surface area contributed by atoms with E-state index >= 15 is 0 Å². The van der Waals surface area contributed by atoms with Crippen molar-refractivity contribution in [1.29, 1.82) is 0 Å². The average Bonchev–Trinajstić information content (AvgIpc) is 2.35. The number of hydrogen-bond donors (Lipinski definition) is 1. The highest BCUT2D eigenvalue weighted by molar-refractivity contribution is 9.10. The first kappa shape index (κ1) is 14.8. The summed E-state index contributed by atoms with van der Waals surface area (Å²) in [7, 11) is 2.10. The molecular weight excluding hydrogens is 304 g/mol. The second kappa shape index (κ2) is 5.43. The summed E-state index contributed by atoms with van der Waals surface area (Å²) in [6.45, 7) is 8.61. The zero-order chi connectivity index (χ0) is 14.2. The first-order valence-corrected chi connectivity index (χ1v) is 7.49. The van der Waals surface area contributed by atoms with Crippen LogP contribution in [0, 0.1) is 6.92 Å². The van der Waals surface area contributed by atoms with Crippen molar-refractivity contribution in [3.05, 3.63) is 28.2 Å². The molecule has 1 atom stereocenters. The molecule has 3 nitrogen and oxygen atoms in total. The van der Waals surface area contributed by atoms with Crippen LogP contribution in [0.4, 0.5) is 5.69 Å². The molecule has 0 radical (unpaired) electrons. The van der Waals surface area contributed by atoms with Crippen molar-refractivity contribution >= 4 is 21.6 Å². The highest BCUT2D eigenvalue weighted by Gasteiger charge is 2.37. The van der Waals surface area contributed by atoms with Crippen LogP contribution in [-0.2, 0) is 0 Å². The van der Waals surface area contributed by atoms with Crippen molar-refractivity contribution in [1.82, 2.24) is 4.90 Å². The van der Waals surface area contributed by atoms with Gasteiger partial charge in [0.2, 0.25) is 0 Å². The van der Waals surface area contributed by atoms with Crippen LogP contribution >= 0.6 is 15.9 Å². The van der Waals surface area contributed by atoms with Gasteiger partial charge in [-0.3, -0.25) is 4.90 Å². The molecule has 0 aromatic heterocycles. The second-order valence-corrected chi connectivity index (χ2v) is 6.93. The summed E-state index contributed by atoms with van der Waals surface area (Å²) in [6, 6.07) is 6.64. The maximum Gasteiger partial charge on any atom is 0.0604 e. The lowest BCUT2D eigenvalue weighted by molar-refractivity contribution is 0.0455.